The van der Waals surface area contributed by atoms with Crippen LogP contribution in [0.5, 0.6) is 0 Å². The van der Waals surface area contributed by atoms with Crippen molar-refractivity contribution in [2.45, 2.75) is 39.5 Å². The lowest BCUT2D eigenvalue weighted by molar-refractivity contribution is -0.139. The molecule has 0 saturated carbocycles. The second kappa shape index (κ2) is 5.90. The molecule has 1 aromatic rings. The molecule has 4 nitrogen and oxygen atoms in total. The summed E-state index contributed by atoms with van der Waals surface area (Å²) in [6.45, 7) is 6.77. The summed E-state index contributed by atoms with van der Waals surface area (Å²) in [4.78, 5) is 18.1. The number of nitrogens with zero attached hydrogens (tertiary/aromatic N) is 2. The third-order valence-corrected chi connectivity index (χ3v) is 5.14. The molecule has 2 rings (SSSR count). The van der Waals surface area contributed by atoms with E-state index in [9.17, 15) is 4.79 Å². The largest absolute Gasteiger partial charge is 0.469 e. The molecule has 1 aliphatic rings. The van der Waals surface area contributed by atoms with Crippen molar-refractivity contribution in [2.24, 2.45) is 5.41 Å². The minimum Gasteiger partial charge on any atom is -0.469 e. The fraction of sp³-hybridized carbons (Fsp3) is 0.714. The Bertz CT molecular complexity index is 436. The molecule has 0 aromatic carbocycles. The molecule has 0 amide bonds. The van der Waals surface area contributed by atoms with Gasteiger partial charge in [-0.2, -0.15) is 0 Å². The van der Waals surface area contributed by atoms with E-state index in [2.05, 4.69) is 28.5 Å². The van der Waals surface area contributed by atoms with Crippen molar-refractivity contribution in [1.82, 2.24) is 4.98 Å². The fourth-order valence-corrected chi connectivity index (χ4v) is 3.21. The number of carbonyl (C=O) groups excluding carboxylic acids is 1. The number of carbonyl (C=O) groups is 1. The normalized spacial score (nSPS) is 18.4. The molecule has 2 heterocycles. The molecule has 19 heavy (non-hydrogen) atoms. The molecule has 1 aromatic heterocycles. The summed E-state index contributed by atoms with van der Waals surface area (Å²) in [5.41, 5.74) is 1.30. The zero-order valence-corrected chi connectivity index (χ0v) is 12.8. The summed E-state index contributed by atoms with van der Waals surface area (Å²) in [6.07, 6.45) is 3.95. The highest BCUT2D eigenvalue weighted by Gasteiger charge is 2.29. The number of methoxy groups -OCH3 is 1. The Hall–Kier alpha value is -1.10. The summed E-state index contributed by atoms with van der Waals surface area (Å²) in [7, 11) is 1.41. The van der Waals surface area contributed by atoms with Gasteiger partial charge in [0.2, 0.25) is 0 Å². The van der Waals surface area contributed by atoms with Crippen molar-refractivity contribution in [3.63, 3.8) is 0 Å². The molecule has 106 valence electrons. The van der Waals surface area contributed by atoms with Crippen molar-refractivity contribution in [3.8, 4) is 0 Å². The Balaban J connectivity index is 1.95. The number of rotatable bonds is 4. The first-order valence-corrected chi connectivity index (χ1v) is 7.70. The Morgan fingerprint density at radius 1 is 1.53 bits per heavy atom. The van der Waals surface area contributed by atoms with E-state index in [4.69, 9.17) is 0 Å². The van der Waals surface area contributed by atoms with Crippen LogP contribution < -0.4 is 4.90 Å². The summed E-state index contributed by atoms with van der Waals surface area (Å²) in [6, 6.07) is 0. The lowest BCUT2D eigenvalue weighted by atomic mass is 9.78. The van der Waals surface area contributed by atoms with Crippen LogP contribution >= 0.6 is 11.3 Å². The molecule has 0 N–H and O–H groups in total. The second-order valence-corrected chi connectivity index (χ2v) is 6.36. The third kappa shape index (κ3) is 3.47. The van der Waals surface area contributed by atoms with E-state index in [-0.39, 0.29) is 12.4 Å². The van der Waals surface area contributed by atoms with Crippen LogP contribution in [-0.2, 0) is 16.0 Å². The average molecular weight is 282 g/mol. The predicted octanol–water partition coefficient (Wildman–Crippen LogP) is 2.88. The van der Waals surface area contributed by atoms with Gasteiger partial charge in [0.25, 0.3) is 0 Å². The fourth-order valence-electron chi connectivity index (χ4n) is 2.33. The SMILES string of the molecule is CCC1(C)CCN(c2nc(CC(=O)OC)cs2)CC1. The zero-order chi connectivity index (χ0) is 13.9. The number of esters is 1. The number of thiazole rings is 1. The topological polar surface area (TPSA) is 42.4 Å². The lowest BCUT2D eigenvalue weighted by Crippen LogP contribution is -2.38. The zero-order valence-electron chi connectivity index (χ0n) is 11.9. The van der Waals surface area contributed by atoms with Gasteiger partial charge in [-0.25, -0.2) is 4.98 Å². The molecule has 5 heteroatoms. The molecule has 1 aliphatic heterocycles. The molecule has 1 saturated heterocycles. The van der Waals surface area contributed by atoms with E-state index in [0.717, 1.165) is 23.9 Å². The number of hydrogen-bond donors (Lipinski definition) is 0. The van der Waals surface area contributed by atoms with E-state index < -0.39 is 0 Å². The van der Waals surface area contributed by atoms with Crippen molar-refractivity contribution < 1.29 is 9.53 Å². The van der Waals surface area contributed by atoms with Crippen LogP contribution in [0.4, 0.5) is 5.13 Å². The molecule has 0 bridgehead atoms. The maximum absolute atomic E-state index is 11.2. The van der Waals surface area contributed by atoms with Crippen molar-refractivity contribution in [1.29, 1.82) is 0 Å². The van der Waals surface area contributed by atoms with Crippen LogP contribution in [0, 0.1) is 5.41 Å². The quantitative estimate of drug-likeness (QED) is 0.796. The van der Waals surface area contributed by atoms with E-state index >= 15 is 0 Å². The second-order valence-electron chi connectivity index (χ2n) is 5.53. The van der Waals surface area contributed by atoms with Crippen molar-refractivity contribution >= 4 is 22.4 Å². The van der Waals surface area contributed by atoms with E-state index in [1.54, 1.807) is 11.3 Å². The van der Waals surface area contributed by atoms with Crippen LogP contribution in [0.2, 0.25) is 0 Å². The van der Waals surface area contributed by atoms with Crippen LogP contribution in [0.3, 0.4) is 0 Å². The standard InChI is InChI=1S/C14H22N2O2S/c1-4-14(2)5-7-16(8-6-14)13-15-11(10-19-13)9-12(17)18-3/h10H,4-9H2,1-3H3. The van der Waals surface area contributed by atoms with Crippen LogP contribution in [0.15, 0.2) is 5.38 Å². The summed E-state index contributed by atoms with van der Waals surface area (Å²) in [5.74, 6) is -0.228. The third-order valence-electron chi connectivity index (χ3n) is 4.19. The van der Waals surface area contributed by atoms with Crippen LogP contribution in [-0.4, -0.2) is 31.2 Å². The molecule has 0 unspecified atom stereocenters. The molecule has 0 atom stereocenters. The van der Waals surface area contributed by atoms with Crippen molar-refractivity contribution in [2.75, 3.05) is 25.1 Å². The van der Waals surface area contributed by atoms with E-state index in [1.165, 1.54) is 26.4 Å². The van der Waals surface area contributed by atoms with E-state index in [0.29, 0.717) is 5.41 Å². The first-order chi connectivity index (χ1) is 9.06. The molecular formula is C14H22N2O2S. The van der Waals surface area contributed by atoms with Gasteiger partial charge in [-0.05, 0) is 18.3 Å². The van der Waals surface area contributed by atoms with Crippen LogP contribution in [0.1, 0.15) is 38.8 Å². The van der Waals surface area contributed by atoms with Gasteiger partial charge in [0, 0.05) is 18.5 Å². The predicted molar refractivity (Wildman–Crippen MR) is 77.7 cm³/mol. The summed E-state index contributed by atoms with van der Waals surface area (Å²) >= 11 is 1.62. The molecule has 1 fully saturated rings. The highest BCUT2D eigenvalue weighted by Crippen LogP contribution is 2.36. The Morgan fingerprint density at radius 3 is 2.79 bits per heavy atom. The lowest BCUT2D eigenvalue weighted by Gasteiger charge is -2.38. The Labute approximate surface area is 118 Å². The summed E-state index contributed by atoms with van der Waals surface area (Å²) in [5, 5.41) is 3.00. The molecule has 0 aliphatic carbocycles. The Morgan fingerprint density at radius 2 is 2.21 bits per heavy atom. The number of hydrogen-bond acceptors (Lipinski definition) is 5. The Kier molecular flexibility index (Phi) is 4.45. The molecule has 0 radical (unpaired) electrons. The summed E-state index contributed by atoms with van der Waals surface area (Å²) < 4.78 is 4.66. The first-order valence-electron chi connectivity index (χ1n) is 6.82. The smallest absolute Gasteiger partial charge is 0.311 e. The first kappa shape index (κ1) is 14.3. The van der Waals surface area contributed by atoms with Gasteiger partial charge in [-0.15, -0.1) is 11.3 Å². The molecular weight excluding hydrogens is 260 g/mol. The maximum atomic E-state index is 11.2. The monoisotopic (exact) mass is 282 g/mol. The highest BCUT2D eigenvalue weighted by molar-refractivity contribution is 7.13. The van der Waals surface area contributed by atoms with Gasteiger partial charge < -0.3 is 9.64 Å². The minimum absolute atomic E-state index is 0.228. The average Bonchev–Trinajstić information content (AvgIpc) is 2.88. The maximum Gasteiger partial charge on any atom is 0.311 e. The van der Waals surface area contributed by atoms with E-state index in [1.807, 2.05) is 5.38 Å². The van der Waals surface area contributed by atoms with Gasteiger partial charge in [-0.1, -0.05) is 20.3 Å². The number of piperidine rings is 1. The van der Waals surface area contributed by atoms with Gasteiger partial charge in [0.1, 0.15) is 0 Å². The highest BCUT2D eigenvalue weighted by atomic mass is 32.1. The van der Waals surface area contributed by atoms with Crippen molar-refractivity contribution in [3.05, 3.63) is 11.1 Å². The minimum atomic E-state index is -0.228. The van der Waals surface area contributed by atoms with Gasteiger partial charge in [0.05, 0.1) is 19.2 Å². The number of anilines is 1. The van der Waals surface area contributed by atoms with Gasteiger partial charge in [0.15, 0.2) is 5.13 Å². The van der Waals surface area contributed by atoms with Gasteiger partial charge >= 0.3 is 5.97 Å². The molecule has 0 spiro atoms. The van der Waals surface area contributed by atoms with Gasteiger partial charge in [-0.3, -0.25) is 4.79 Å². The number of aromatic nitrogens is 1. The van der Waals surface area contributed by atoms with Crippen LogP contribution in [0.25, 0.3) is 0 Å². The number of ether oxygens (including phenoxy) is 1.